The number of aliphatic carboxylic acids is 1. The molecule has 0 spiro atoms. The van der Waals surface area contributed by atoms with E-state index in [0.717, 1.165) is 23.8 Å². The lowest BCUT2D eigenvalue weighted by molar-refractivity contribution is -0.147. The van der Waals surface area contributed by atoms with Gasteiger partial charge in [-0.25, -0.2) is 4.79 Å². The van der Waals surface area contributed by atoms with Gasteiger partial charge in [0.25, 0.3) is 0 Å². The highest BCUT2D eigenvalue weighted by molar-refractivity contribution is 5.87. The summed E-state index contributed by atoms with van der Waals surface area (Å²) in [6.07, 6.45) is 3.71. The lowest BCUT2D eigenvalue weighted by Gasteiger charge is -2.25. The van der Waals surface area contributed by atoms with Crippen molar-refractivity contribution in [3.05, 3.63) is 48.0 Å². The normalized spacial score (nSPS) is 16.3. The molecule has 1 aliphatic rings. The molecule has 2 aromatic carbocycles. The minimum atomic E-state index is -1.04. The molecule has 0 aliphatic heterocycles. The quantitative estimate of drug-likeness (QED) is 0.890. The summed E-state index contributed by atoms with van der Waals surface area (Å²) in [5.41, 5.74) is 0.0511. The molecule has 120 valence electrons. The van der Waals surface area contributed by atoms with Crippen LogP contribution in [0.5, 0.6) is 0 Å². The Kier molecular flexibility index (Phi) is 4.33. The molecular weight excluding hydrogens is 290 g/mol. The number of benzene rings is 2. The fraction of sp³-hybridized carbons (Fsp3) is 0.368. The van der Waals surface area contributed by atoms with Crippen molar-refractivity contribution in [2.24, 2.45) is 0 Å². The third-order valence-electron chi connectivity index (χ3n) is 4.70. The number of carbonyl (C=O) groups is 2. The Hall–Kier alpha value is -2.36. The molecule has 3 rings (SSSR count). The molecule has 0 bridgehead atoms. The number of hydrogen-bond donors (Lipinski definition) is 2. The van der Waals surface area contributed by atoms with E-state index >= 15 is 0 Å². The van der Waals surface area contributed by atoms with Crippen molar-refractivity contribution in [1.82, 2.24) is 5.32 Å². The lowest BCUT2D eigenvalue weighted by Crippen LogP contribution is -2.52. The summed E-state index contributed by atoms with van der Waals surface area (Å²) in [5.74, 6) is -1.09. The Morgan fingerprint density at radius 1 is 1.04 bits per heavy atom. The second-order valence-corrected chi connectivity index (χ2v) is 6.32. The van der Waals surface area contributed by atoms with E-state index < -0.39 is 11.5 Å². The molecule has 0 saturated heterocycles. The van der Waals surface area contributed by atoms with E-state index in [1.54, 1.807) is 0 Å². The Morgan fingerprint density at radius 2 is 1.74 bits per heavy atom. The molecule has 0 heterocycles. The number of aryl methyl sites for hydroxylation is 1. The molecule has 0 unspecified atom stereocenters. The summed E-state index contributed by atoms with van der Waals surface area (Å²) >= 11 is 0. The smallest absolute Gasteiger partial charge is 0.329 e. The molecule has 1 aliphatic carbocycles. The van der Waals surface area contributed by atoms with Gasteiger partial charge in [0.15, 0.2) is 0 Å². The molecule has 1 amide bonds. The number of carbonyl (C=O) groups excluding carboxylic acids is 1. The SMILES string of the molecule is O=C(CCc1ccc2ccccc2c1)NC1(C(=O)O)CCCC1. The lowest BCUT2D eigenvalue weighted by atomic mass is 9.97. The predicted octanol–water partition coefficient (Wildman–Crippen LogP) is 3.29. The summed E-state index contributed by atoms with van der Waals surface area (Å²) in [5, 5.41) is 14.5. The van der Waals surface area contributed by atoms with Crippen molar-refractivity contribution < 1.29 is 14.7 Å². The van der Waals surface area contributed by atoms with Gasteiger partial charge in [-0.2, -0.15) is 0 Å². The molecule has 0 aromatic heterocycles. The molecule has 1 fully saturated rings. The zero-order valence-electron chi connectivity index (χ0n) is 13.0. The van der Waals surface area contributed by atoms with Crippen molar-refractivity contribution >= 4 is 22.6 Å². The minimum absolute atomic E-state index is 0.178. The van der Waals surface area contributed by atoms with Gasteiger partial charge in [-0.05, 0) is 35.6 Å². The maximum atomic E-state index is 12.2. The van der Waals surface area contributed by atoms with Gasteiger partial charge in [-0.3, -0.25) is 4.79 Å². The van der Waals surface area contributed by atoms with Crippen molar-refractivity contribution in [3.8, 4) is 0 Å². The highest BCUT2D eigenvalue weighted by atomic mass is 16.4. The van der Waals surface area contributed by atoms with Crippen LogP contribution in [0.2, 0.25) is 0 Å². The van der Waals surface area contributed by atoms with E-state index in [2.05, 4.69) is 29.6 Å². The van der Waals surface area contributed by atoms with E-state index in [-0.39, 0.29) is 5.91 Å². The molecule has 0 atom stereocenters. The average Bonchev–Trinajstić information content (AvgIpc) is 3.02. The summed E-state index contributed by atoms with van der Waals surface area (Å²) < 4.78 is 0. The number of nitrogens with one attached hydrogen (secondary N) is 1. The number of carboxylic acid groups (broad SMARTS) is 1. The van der Waals surface area contributed by atoms with Crippen LogP contribution in [-0.2, 0) is 16.0 Å². The zero-order chi connectivity index (χ0) is 16.3. The van der Waals surface area contributed by atoms with Crippen LogP contribution in [0.4, 0.5) is 0 Å². The Balaban J connectivity index is 1.62. The third-order valence-corrected chi connectivity index (χ3v) is 4.70. The van der Waals surface area contributed by atoms with Gasteiger partial charge in [-0.1, -0.05) is 55.3 Å². The van der Waals surface area contributed by atoms with Gasteiger partial charge in [0, 0.05) is 6.42 Å². The van der Waals surface area contributed by atoms with Crippen LogP contribution in [0, 0.1) is 0 Å². The molecule has 1 saturated carbocycles. The largest absolute Gasteiger partial charge is 0.480 e. The number of carboxylic acids is 1. The number of amides is 1. The van der Waals surface area contributed by atoms with Crippen molar-refractivity contribution in [2.45, 2.75) is 44.1 Å². The number of hydrogen-bond acceptors (Lipinski definition) is 2. The monoisotopic (exact) mass is 311 g/mol. The Labute approximate surface area is 135 Å². The van der Waals surface area contributed by atoms with E-state index in [4.69, 9.17) is 0 Å². The Morgan fingerprint density at radius 3 is 2.43 bits per heavy atom. The topological polar surface area (TPSA) is 66.4 Å². The molecule has 23 heavy (non-hydrogen) atoms. The van der Waals surface area contributed by atoms with Gasteiger partial charge in [0.2, 0.25) is 5.91 Å². The van der Waals surface area contributed by atoms with Gasteiger partial charge in [-0.15, -0.1) is 0 Å². The maximum absolute atomic E-state index is 12.2. The molecule has 2 N–H and O–H groups in total. The highest BCUT2D eigenvalue weighted by Gasteiger charge is 2.42. The molecular formula is C19H21NO3. The standard InChI is InChI=1S/C19H21NO3/c21-17(20-19(18(22)23)11-3-4-12-19)10-8-14-7-9-15-5-1-2-6-16(15)13-14/h1-2,5-7,9,13H,3-4,8,10-12H2,(H,20,21)(H,22,23). The van der Waals surface area contributed by atoms with Crippen LogP contribution in [0.15, 0.2) is 42.5 Å². The maximum Gasteiger partial charge on any atom is 0.329 e. The van der Waals surface area contributed by atoms with Crippen molar-refractivity contribution in [3.63, 3.8) is 0 Å². The summed E-state index contributed by atoms with van der Waals surface area (Å²) in [6.45, 7) is 0. The highest BCUT2D eigenvalue weighted by Crippen LogP contribution is 2.30. The van der Waals surface area contributed by atoms with Gasteiger partial charge >= 0.3 is 5.97 Å². The van der Waals surface area contributed by atoms with Crippen LogP contribution in [-0.4, -0.2) is 22.5 Å². The first-order valence-electron chi connectivity index (χ1n) is 8.11. The average molecular weight is 311 g/mol. The van der Waals surface area contributed by atoms with Crippen molar-refractivity contribution in [1.29, 1.82) is 0 Å². The number of rotatable bonds is 5. The van der Waals surface area contributed by atoms with Crippen LogP contribution < -0.4 is 5.32 Å². The van der Waals surface area contributed by atoms with Gasteiger partial charge < -0.3 is 10.4 Å². The van der Waals surface area contributed by atoms with Crippen LogP contribution in [0.3, 0.4) is 0 Å². The first kappa shape index (κ1) is 15.5. The summed E-state index contributed by atoms with van der Waals surface area (Å²) in [6, 6.07) is 14.3. The van der Waals surface area contributed by atoms with Crippen LogP contribution in [0.1, 0.15) is 37.7 Å². The molecule has 2 aromatic rings. The fourth-order valence-corrected chi connectivity index (χ4v) is 3.35. The van der Waals surface area contributed by atoms with Gasteiger partial charge in [0.05, 0.1) is 0 Å². The minimum Gasteiger partial charge on any atom is -0.480 e. The Bertz CT molecular complexity index is 732. The third kappa shape index (κ3) is 3.36. The molecule has 4 nitrogen and oxygen atoms in total. The van der Waals surface area contributed by atoms with Crippen molar-refractivity contribution in [2.75, 3.05) is 0 Å². The van der Waals surface area contributed by atoms with Gasteiger partial charge in [0.1, 0.15) is 5.54 Å². The van der Waals surface area contributed by atoms with E-state index in [1.807, 2.05) is 18.2 Å². The van der Waals surface area contributed by atoms with Crippen LogP contribution in [0.25, 0.3) is 10.8 Å². The van der Waals surface area contributed by atoms with E-state index in [1.165, 1.54) is 5.39 Å². The summed E-state index contributed by atoms with van der Waals surface area (Å²) in [7, 11) is 0. The molecule has 0 radical (unpaired) electrons. The second kappa shape index (κ2) is 6.41. The predicted molar refractivity (Wildman–Crippen MR) is 89.2 cm³/mol. The first-order valence-corrected chi connectivity index (χ1v) is 8.11. The number of fused-ring (bicyclic) bond motifs is 1. The van der Waals surface area contributed by atoms with E-state index in [9.17, 15) is 14.7 Å². The fourth-order valence-electron chi connectivity index (χ4n) is 3.35. The second-order valence-electron chi connectivity index (χ2n) is 6.32. The van der Waals surface area contributed by atoms with E-state index in [0.29, 0.717) is 25.7 Å². The zero-order valence-corrected chi connectivity index (χ0v) is 13.0. The first-order chi connectivity index (χ1) is 11.1. The summed E-state index contributed by atoms with van der Waals surface area (Å²) in [4.78, 5) is 23.6. The molecule has 4 heteroatoms. The van der Waals surface area contributed by atoms with Crippen LogP contribution >= 0.6 is 0 Å².